The molecule has 28 heavy (non-hydrogen) atoms. The lowest BCUT2D eigenvalue weighted by Gasteiger charge is -2.28. The number of hydrogen-bond donors (Lipinski definition) is 1. The average Bonchev–Trinajstić information content (AvgIpc) is 3.20. The molecule has 1 fully saturated rings. The summed E-state index contributed by atoms with van der Waals surface area (Å²) in [6, 6.07) is 8.09. The van der Waals surface area contributed by atoms with Crippen molar-refractivity contribution in [3.05, 3.63) is 35.9 Å². The first kappa shape index (κ1) is 21.9. The number of esters is 2. The number of ether oxygens (including phenoxy) is 2. The number of likely N-dealkylation sites (tertiary alicyclic amines) is 1. The first-order valence-electron chi connectivity index (χ1n) is 9.82. The van der Waals surface area contributed by atoms with E-state index >= 15 is 0 Å². The van der Waals surface area contributed by atoms with Gasteiger partial charge in [0.25, 0.3) is 0 Å². The molecule has 0 aromatic heterocycles. The molecule has 2 rings (SSSR count). The van der Waals surface area contributed by atoms with Gasteiger partial charge < -0.3 is 14.4 Å². The molecule has 1 aromatic rings. The molecule has 0 unspecified atom stereocenters. The second kappa shape index (κ2) is 10.8. The smallest absolute Gasteiger partial charge is 0.328 e. The molecule has 1 aromatic carbocycles. The van der Waals surface area contributed by atoms with Gasteiger partial charge in [0, 0.05) is 6.54 Å². The minimum absolute atomic E-state index is 0.207. The summed E-state index contributed by atoms with van der Waals surface area (Å²) in [5.74, 6) is -0.977. The second-order valence-electron chi connectivity index (χ2n) is 6.93. The summed E-state index contributed by atoms with van der Waals surface area (Å²) >= 11 is 0. The number of rotatable bonds is 9. The molecule has 154 valence electrons. The van der Waals surface area contributed by atoms with Crippen LogP contribution in [0.15, 0.2) is 30.3 Å². The number of nitrogens with one attached hydrogen (secondary N) is 1. The Morgan fingerprint density at radius 3 is 2.61 bits per heavy atom. The number of hydrogen-bond acceptors (Lipinski definition) is 6. The van der Waals surface area contributed by atoms with E-state index in [1.54, 1.807) is 18.7 Å². The van der Waals surface area contributed by atoms with E-state index in [0.29, 0.717) is 25.8 Å². The third-order valence-corrected chi connectivity index (χ3v) is 4.97. The van der Waals surface area contributed by atoms with Gasteiger partial charge in [-0.2, -0.15) is 0 Å². The third-order valence-electron chi connectivity index (χ3n) is 4.97. The second-order valence-corrected chi connectivity index (χ2v) is 6.93. The molecule has 1 aliphatic rings. The van der Waals surface area contributed by atoms with Crippen molar-refractivity contribution in [2.45, 2.75) is 57.7 Å². The quantitative estimate of drug-likeness (QED) is 0.646. The number of aryl methyl sites for hydroxylation is 1. The van der Waals surface area contributed by atoms with Gasteiger partial charge in [-0.3, -0.25) is 14.9 Å². The lowest BCUT2D eigenvalue weighted by atomic mass is 10.0. The van der Waals surface area contributed by atoms with Crippen molar-refractivity contribution in [3.63, 3.8) is 0 Å². The van der Waals surface area contributed by atoms with Crippen molar-refractivity contribution in [3.8, 4) is 0 Å². The molecule has 0 aliphatic carbocycles. The molecule has 1 amide bonds. The highest BCUT2D eigenvalue weighted by molar-refractivity contribution is 5.88. The summed E-state index contributed by atoms with van der Waals surface area (Å²) in [6.07, 6.45) is 2.56. The summed E-state index contributed by atoms with van der Waals surface area (Å²) in [5.41, 5.74) is 1.11. The maximum Gasteiger partial charge on any atom is 0.328 e. The monoisotopic (exact) mass is 390 g/mol. The summed E-state index contributed by atoms with van der Waals surface area (Å²) in [7, 11) is 1.32. The fraction of sp³-hybridized carbons (Fsp3) is 0.571. The van der Waals surface area contributed by atoms with E-state index in [9.17, 15) is 14.4 Å². The predicted octanol–water partition coefficient (Wildman–Crippen LogP) is 1.69. The number of benzene rings is 1. The first-order valence-corrected chi connectivity index (χ1v) is 9.82. The highest BCUT2D eigenvalue weighted by atomic mass is 16.5. The van der Waals surface area contributed by atoms with Gasteiger partial charge in [-0.05, 0) is 45.1 Å². The number of amides is 1. The first-order chi connectivity index (χ1) is 13.5. The standard InChI is InChI=1S/C21H30N2O5/c1-4-28-20(25)17(13-12-16-9-6-5-7-10-16)22-15(2)19(24)23-14-8-11-18(23)21(26)27-3/h5-7,9-10,15,17-18,22H,4,8,11-14H2,1-3H3/t15-,17-,18-/m0/s1. The highest BCUT2D eigenvalue weighted by Crippen LogP contribution is 2.19. The molecule has 7 heteroatoms. The topological polar surface area (TPSA) is 84.9 Å². The maximum absolute atomic E-state index is 12.9. The Kier molecular flexibility index (Phi) is 8.44. The Morgan fingerprint density at radius 2 is 1.96 bits per heavy atom. The van der Waals surface area contributed by atoms with Gasteiger partial charge in [0.1, 0.15) is 12.1 Å². The van der Waals surface area contributed by atoms with Gasteiger partial charge in [-0.15, -0.1) is 0 Å². The van der Waals surface area contributed by atoms with E-state index in [-0.39, 0.29) is 18.5 Å². The SMILES string of the molecule is CCOC(=O)[C@H](CCc1ccccc1)N[C@@H](C)C(=O)N1CCC[C@H]1C(=O)OC. The fourth-order valence-corrected chi connectivity index (χ4v) is 3.50. The average molecular weight is 390 g/mol. The molecule has 0 radical (unpaired) electrons. The summed E-state index contributed by atoms with van der Waals surface area (Å²) in [4.78, 5) is 38.7. The molecule has 0 saturated carbocycles. The molecule has 1 heterocycles. The van der Waals surface area contributed by atoms with Gasteiger partial charge >= 0.3 is 11.9 Å². The van der Waals surface area contributed by atoms with Gasteiger partial charge in [-0.25, -0.2) is 4.79 Å². The fourth-order valence-electron chi connectivity index (χ4n) is 3.50. The lowest BCUT2D eigenvalue weighted by Crippen LogP contribution is -2.53. The van der Waals surface area contributed by atoms with Gasteiger partial charge in [0.2, 0.25) is 5.91 Å². The zero-order valence-corrected chi connectivity index (χ0v) is 16.8. The van der Waals surface area contributed by atoms with Crippen molar-refractivity contribution in [2.75, 3.05) is 20.3 Å². The van der Waals surface area contributed by atoms with Crippen LogP contribution in [0.25, 0.3) is 0 Å². The number of carbonyl (C=O) groups excluding carboxylic acids is 3. The molecule has 3 atom stereocenters. The Bertz CT molecular complexity index is 664. The van der Waals surface area contributed by atoms with E-state index in [0.717, 1.165) is 12.0 Å². The zero-order valence-electron chi connectivity index (χ0n) is 16.8. The van der Waals surface area contributed by atoms with Crippen LogP contribution < -0.4 is 5.32 Å². The Labute approximate surface area is 166 Å². The van der Waals surface area contributed by atoms with Crippen LogP contribution in [0, 0.1) is 0 Å². The molecule has 0 bridgehead atoms. The van der Waals surface area contributed by atoms with Crippen LogP contribution in [0.4, 0.5) is 0 Å². The molecule has 1 saturated heterocycles. The number of nitrogens with zero attached hydrogens (tertiary/aromatic N) is 1. The van der Waals surface area contributed by atoms with Crippen LogP contribution in [0.3, 0.4) is 0 Å². The highest BCUT2D eigenvalue weighted by Gasteiger charge is 2.37. The Balaban J connectivity index is 2.01. The van der Waals surface area contributed by atoms with E-state index in [4.69, 9.17) is 9.47 Å². The lowest BCUT2D eigenvalue weighted by molar-refractivity contribution is -0.152. The van der Waals surface area contributed by atoms with Crippen molar-refractivity contribution in [2.24, 2.45) is 0 Å². The van der Waals surface area contributed by atoms with Gasteiger partial charge in [0.05, 0.1) is 19.8 Å². The van der Waals surface area contributed by atoms with Crippen molar-refractivity contribution < 1.29 is 23.9 Å². The van der Waals surface area contributed by atoms with Crippen molar-refractivity contribution >= 4 is 17.8 Å². The summed E-state index contributed by atoms with van der Waals surface area (Å²) in [6.45, 7) is 4.26. The molecule has 0 spiro atoms. The van der Waals surface area contributed by atoms with Crippen LogP contribution in [0.1, 0.15) is 38.7 Å². The molecule has 1 aliphatic heterocycles. The minimum Gasteiger partial charge on any atom is -0.467 e. The molecular weight excluding hydrogens is 360 g/mol. The van der Waals surface area contributed by atoms with E-state index in [1.807, 2.05) is 30.3 Å². The maximum atomic E-state index is 12.9. The summed E-state index contributed by atoms with van der Waals surface area (Å²) in [5, 5.41) is 3.11. The van der Waals surface area contributed by atoms with Crippen LogP contribution in [0.5, 0.6) is 0 Å². The molecule has 7 nitrogen and oxygen atoms in total. The molecule has 1 N–H and O–H groups in total. The van der Waals surface area contributed by atoms with Crippen LogP contribution in [-0.2, 0) is 30.3 Å². The van der Waals surface area contributed by atoms with Gasteiger partial charge in [0.15, 0.2) is 0 Å². The van der Waals surface area contributed by atoms with E-state index in [1.165, 1.54) is 7.11 Å². The van der Waals surface area contributed by atoms with Crippen molar-refractivity contribution in [1.82, 2.24) is 10.2 Å². The largest absolute Gasteiger partial charge is 0.467 e. The van der Waals surface area contributed by atoms with Crippen LogP contribution >= 0.6 is 0 Å². The number of carbonyl (C=O) groups is 3. The predicted molar refractivity (Wildman–Crippen MR) is 105 cm³/mol. The number of methoxy groups -OCH3 is 1. The zero-order chi connectivity index (χ0) is 20.5. The van der Waals surface area contributed by atoms with Crippen LogP contribution in [0.2, 0.25) is 0 Å². The van der Waals surface area contributed by atoms with Crippen molar-refractivity contribution in [1.29, 1.82) is 0 Å². The van der Waals surface area contributed by atoms with Crippen LogP contribution in [-0.4, -0.2) is 61.1 Å². The Morgan fingerprint density at radius 1 is 1.25 bits per heavy atom. The minimum atomic E-state index is -0.615. The summed E-state index contributed by atoms with van der Waals surface area (Å²) < 4.78 is 9.98. The Hall–Kier alpha value is -2.41. The van der Waals surface area contributed by atoms with Gasteiger partial charge in [-0.1, -0.05) is 30.3 Å². The van der Waals surface area contributed by atoms with E-state index in [2.05, 4.69) is 5.32 Å². The van der Waals surface area contributed by atoms with E-state index < -0.39 is 24.1 Å². The third kappa shape index (κ3) is 5.79. The molecular formula is C21H30N2O5. The normalized spacial score (nSPS) is 18.4.